The molecule has 1 aliphatic heterocycles. The molecule has 0 fully saturated rings. The number of hydrogen-bond donors (Lipinski definition) is 1. The van der Waals surface area contributed by atoms with E-state index in [2.05, 4.69) is 73.0 Å². The fourth-order valence-corrected chi connectivity index (χ4v) is 3.67. The topological polar surface area (TPSA) is 55.7 Å². The molecule has 0 spiro atoms. The minimum atomic E-state index is -0.0134. The number of imidazole rings is 1. The van der Waals surface area contributed by atoms with E-state index >= 15 is 0 Å². The first-order chi connectivity index (χ1) is 12.9. The number of allylic oxidation sites excluding steroid dienone is 2. The number of nitrogens with one attached hydrogen (secondary N) is 1. The SMILES string of the molecule is CC1=CC(C)(C)N(C)c2ccc(/C=C(\C#N)c3nc4ccccc4[nH]3)cc21. The average Bonchev–Trinajstić information content (AvgIpc) is 3.08. The van der Waals surface area contributed by atoms with Gasteiger partial charge in [-0.25, -0.2) is 4.98 Å². The molecule has 0 saturated carbocycles. The molecule has 134 valence electrons. The Morgan fingerprint density at radius 2 is 2.00 bits per heavy atom. The number of fused-ring (bicyclic) bond motifs is 2. The second-order valence-electron chi connectivity index (χ2n) is 7.59. The van der Waals surface area contributed by atoms with Gasteiger partial charge in [0.05, 0.1) is 22.1 Å². The van der Waals surface area contributed by atoms with Crippen LogP contribution < -0.4 is 4.90 Å². The molecule has 1 aromatic heterocycles. The van der Waals surface area contributed by atoms with Crippen LogP contribution >= 0.6 is 0 Å². The van der Waals surface area contributed by atoms with Gasteiger partial charge in [-0.05, 0) is 62.2 Å². The van der Waals surface area contributed by atoms with Crippen LogP contribution in [-0.2, 0) is 0 Å². The molecule has 0 bridgehead atoms. The zero-order valence-corrected chi connectivity index (χ0v) is 16.0. The van der Waals surface area contributed by atoms with E-state index in [9.17, 15) is 5.26 Å². The van der Waals surface area contributed by atoms with Gasteiger partial charge in [0.25, 0.3) is 0 Å². The minimum absolute atomic E-state index is 0.0134. The lowest BCUT2D eigenvalue weighted by atomic mass is 9.88. The Morgan fingerprint density at radius 3 is 2.74 bits per heavy atom. The number of nitriles is 1. The van der Waals surface area contributed by atoms with Gasteiger partial charge in [0.15, 0.2) is 0 Å². The van der Waals surface area contributed by atoms with E-state index < -0.39 is 0 Å². The highest BCUT2D eigenvalue weighted by Crippen LogP contribution is 2.38. The molecule has 0 radical (unpaired) electrons. The number of rotatable bonds is 2. The van der Waals surface area contributed by atoms with E-state index in [-0.39, 0.29) is 5.54 Å². The number of aromatic amines is 1. The summed E-state index contributed by atoms with van der Waals surface area (Å²) < 4.78 is 0. The molecule has 4 heteroatoms. The third kappa shape index (κ3) is 2.92. The second kappa shape index (κ2) is 6.14. The van der Waals surface area contributed by atoms with Gasteiger partial charge in [-0.3, -0.25) is 0 Å². The lowest BCUT2D eigenvalue weighted by Gasteiger charge is -2.40. The molecule has 4 rings (SSSR count). The number of nitrogens with zero attached hydrogens (tertiary/aromatic N) is 3. The van der Waals surface area contributed by atoms with Crippen LogP contribution in [0, 0.1) is 11.3 Å². The minimum Gasteiger partial charge on any atom is -0.366 e. The first-order valence-corrected chi connectivity index (χ1v) is 9.04. The molecule has 2 heterocycles. The summed E-state index contributed by atoms with van der Waals surface area (Å²) in [5.74, 6) is 0.599. The number of anilines is 1. The van der Waals surface area contributed by atoms with Crippen molar-refractivity contribution >= 4 is 33.9 Å². The zero-order valence-electron chi connectivity index (χ0n) is 16.0. The monoisotopic (exact) mass is 354 g/mol. The summed E-state index contributed by atoms with van der Waals surface area (Å²) >= 11 is 0. The maximum atomic E-state index is 9.67. The summed E-state index contributed by atoms with van der Waals surface area (Å²) in [4.78, 5) is 10.1. The Bertz CT molecular complexity index is 1110. The number of hydrogen-bond acceptors (Lipinski definition) is 3. The third-order valence-corrected chi connectivity index (χ3v) is 5.32. The van der Waals surface area contributed by atoms with Gasteiger partial charge in [0.1, 0.15) is 11.9 Å². The summed E-state index contributed by atoms with van der Waals surface area (Å²) in [6.07, 6.45) is 4.18. The largest absolute Gasteiger partial charge is 0.366 e. The van der Waals surface area contributed by atoms with Crippen LogP contribution in [0.3, 0.4) is 0 Å². The second-order valence-corrected chi connectivity index (χ2v) is 7.59. The number of benzene rings is 2. The summed E-state index contributed by atoms with van der Waals surface area (Å²) in [6.45, 7) is 6.57. The van der Waals surface area contributed by atoms with Gasteiger partial charge in [0.2, 0.25) is 0 Å². The summed E-state index contributed by atoms with van der Waals surface area (Å²) in [5, 5.41) is 9.67. The van der Waals surface area contributed by atoms with E-state index in [1.807, 2.05) is 30.3 Å². The maximum Gasteiger partial charge on any atom is 0.149 e. The van der Waals surface area contributed by atoms with Crippen LogP contribution in [0.25, 0.3) is 28.3 Å². The normalized spacial score (nSPS) is 16.0. The first kappa shape index (κ1) is 17.1. The molecule has 0 amide bonds. The standard InChI is InChI=1S/C23H22N4/c1-15-13-23(2,3)27(4)21-10-9-16(12-18(15)21)11-17(14-24)22-25-19-7-5-6-8-20(19)26-22/h5-13H,1-4H3,(H,25,26)/b17-11+. The molecule has 3 aromatic rings. The molecular weight excluding hydrogens is 332 g/mol. The number of likely N-dealkylation sites (N-methyl/N-ethyl adjacent to an activating group) is 1. The lowest BCUT2D eigenvalue weighted by Crippen LogP contribution is -2.42. The van der Waals surface area contributed by atoms with Crippen LogP contribution in [0.4, 0.5) is 5.69 Å². The van der Waals surface area contributed by atoms with Crippen molar-refractivity contribution in [2.45, 2.75) is 26.3 Å². The van der Waals surface area contributed by atoms with Gasteiger partial charge in [-0.1, -0.05) is 24.3 Å². The summed E-state index contributed by atoms with van der Waals surface area (Å²) in [5.41, 5.74) is 6.96. The number of H-pyrrole nitrogens is 1. The van der Waals surface area contributed by atoms with Gasteiger partial charge >= 0.3 is 0 Å². The molecule has 1 aliphatic rings. The third-order valence-electron chi connectivity index (χ3n) is 5.32. The summed E-state index contributed by atoms with van der Waals surface area (Å²) in [6, 6.07) is 16.4. The zero-order chi connectivity index (χ0) is 19.2. The van der Waals surface area contributed by atoms with Crippen LogP contribution in [0.2, 0.25) is 0 Å². The van der Waals surface area contributed by atoms with Crippen LogP contribution in [0.15, 0.2) is 48.5 Å². The highest BCUT2D eigenvalue weighted by molar-refractivity contribution is 5.91. The molecule has 0 saturated heterocycles. The van der Waals surface area contributed by atoms with E-state index in [1.54, 1.807) is 0 Å². The molecule has 2 aromatic carbocycles. The van der Waals surface area contributed by atoms with Crippen molar-refractivity contribution < 1.29 is 0 Å². The van der Waals surface area contributed by atoms with Crippen LogP contribution in [0.1, 0.15) is 37.7 Å². The smallest absolute Gasteiger partial charge is 0.149 e. The molecule has 0 atom stereocenters. The van der Waals surface area contributed by atoms with Gasteiger partial charge < -0.3 is 9.88 Å². The van der Waals surface area contributed by atoms with Crippen molar-refractivity contribution in [3.63, 3.8) is 0 Å². The van der Waals surface area contributed by atoms with Gasteiger partial charge in [-0.15, -0.1) is 0 Å². The van der Waals surface area contributed by atoms with Crippen molar-refractivity contribution in [2.75, 3.05) is 11.9 Å². The van der Waals surface area contributed by atoms with Crippen molar-refractivity contribution in [3.8, 4) is 6.07 Å². The molecular formula is C23H22N4. The fraction of sp³-hybridized carbons (Fsp3) is 0.217. The molecule has 27 heavy (non-hydrogen) atoms. The molecule has 0 aliphatic carbocycles. The van der Waals surface area contributed by atoms with Gasteiger partial charge in [-0.2, -0.15) is 5.26 Å². The Balaban J connectivity index is 1.77. The van der Waals surface area contributed by atoms with E-state index in [0.29, 0.717) is 11.4 Å². The quantitative estimate of drug-likeness (QED) is 0.639. The van der Waals surface area contributed by atoms with Crippen LogP contribution in [0.5, 0.6) is 0 Å². The predicted molar refractivity (Wildman–Crippen MR) is 112 cm³/mol. The Kier molecular flexibility index (Phi) is 3.89. The Morgan fingerprint density at radius 1 is 1.22 bits per heavy atom. The lowest BCUT2D eigenvalue weighted by molar-refractivity contribution is 0.598. The Labute approximate surface area is 159 Å². The van der Waals surface area contributed by atoms with Gasteiger partial charge in [0, 0.05) is 18.3 Å². The predicted octanol–water partition coefficient (Wildman–Crippen LogP) is 5.26. The number of para-hydroxylation sites is 2. The van der Waals surface area contributed by atoms with Crippen molar-refractivity contribution in [3.05, 3.63) is 65.5 Å². The molecule has 4 nitrogen and oxygen atoms in total. The summed E-state index contributed by atoms with van der Waals surface area (Å²) in [7, 11) is 2.12. The molecule has 1 N–H and O–H groups in total. The average molecular weight is 354 g/mol. The van der Waals surface area contributed by atoms with E-state index in [0.717, 1.165) is 16.6 Å². The first-order valence-electron chi connectivity index (χ1n) is 9.04. The highest BCUT2D eigenvalue weighted by Gasteiger charge is 2.28. The fourth-order valence-electron chi connectivity index (χ4n) is 3.67. The Hall–Kier alpha value is -3.32. The van der Waals surface area contributed by atoms with E-state index in [1.165, 1.54) is 16.8 Å². The van der Waals surface area contributed by atoms with Crippen molar-refractivity contribution in [2.24, 2.45) is 0 Å². The maximum absolute atomic E-state index is 9.67. The van der Waals surface area contributed by atoms with E-state index in [4.69, 9.17) is 0 Å². The van der Waals surface area contributed by atoms with Crippen LogP contribution in [-0.4, -0.2) is 22.6 Å². The number of aromatic nitrogens is 2. The highest BCUT2D eigenvalue weighted by atomic mass is 15.2. The van der Waals surface area contributed by atoms with Crippen molar-refractivity contribution in [1.29, 1.82) is 5.26 Å². The molecule has 0 unspecified atom stereocenters. The van der Waals surface area contributed by atoms with Crippen molar-refractivity contribution in [1.82, 2.24) is 9.97 Å².